The van der Waals surface area contributed by atoms with E-state index in [-0.39, 0.29) is 0 Å². The molecule has 0 bridgehead atoms. The second-order valence-electron chi connectivity index (χ2n) is 4.94. The molecule has 0 saturated heterocycles. The zero-order valence-corrected chi connectivity index (χ0v) is 14.3. The third-order valence-electron chi connectivity index (χ3n) is 3.06. The number of ether oxygens (including phenoxy) is 1. The Hall–Kier alpha value is -2.30. The summed E-state index contributed by atoms with van der Waals surface area (Å²) in [6.45, 7) is 1.47. The van der Waals surface area contributed by atoms with Crippen LogP contribution in [0.3, 0.4) is 0 Å². The van der Waals surface area contributed by atoms with Gasteiger partial charge in [-0.2, -0.15) is 0 Å². The summed E-state index contributed by atoms with van der Waals surface area (Å²) in [5.74, 6) is -1.11. The predicted molar refractivity (Wildman–Crippen MR) is 96.1 cm³/mol. The molecule has 0 spiro atoms. The van der Waals surface area contributed by atoms with Crippen molar-refractivity contribution in [2.24, 2.45) is 0 Å². The molecular weight excluding hydrogens is 349 g/mol. The van der Waals surface area contributed by atoms with Gasteiger partial charge in [0.15, 0.2) is 6.10 Å². The van der Waals surface area contributed by atoms with Crippen LogP contribution in [-0.2, 0) is 14.3 Å². The van der Waals surface area contributed by atoms with E-state index in [2.05, 4.69) is 5.32 Å². The molecular formula is C18H15Cl2NO3. The number of hydrogen-bond acceptors (Lipinski definition) is 3. The number of hydrogen-bond donors (Lipinski definition) is 1. The lowest BCUT2D eigenvalue weighted by atomic mass is 10.2. The molecule has 0 aliphatic rings. The Morgan fingerprint density at radius 2 is 1.83 bits per heavy atom. The molecule has 0 heterocycles. The number of anilines is 1. The largest absolute Gasteiger partial charge is 0.449 e. The van der Waals surface area contributed by atoms with E-state index in [1.807, 2.05) is 30.3 Å². The van der Waals surface area contributed by atoms with Gasteiger partial charge in [0.2, 0.25) is 0 Å². The van der Waals surface area contributed by atoms with E-state index < -0.39 is 18.0 Å². The highest BCUT2D eigenvalue weighted by Crippen LogP contribution is 2.25. The first-order valence-electron chi connectivity index (χ1n) is 7.15. The van der Waals surface area contributed by atoms with Gasteiger partial charge in [-0.15, -0.1) is 0 Å². The molecule has 1 amide bonds. The van der Waals surface area contributed by atoms with Crippen molar-refractivity contribution in [3.05, 3.63) is 70.2 Å². The van der Waals surface area contributed by atoms with Crippen LogP contribution in [0.2, 0.25) is 10.0 Å². The molecule has 1 atom stereocenters. The Bertz CT molecular complexity index is 760. The van der Waals surface area contributed by atoms with E-state index in [1.165, 1.54) is 19.1 Å². The molecule has 0 fully saturated rings. The summed E-state index contributed by atoms with van der Waals surface area (Å²) in [5, 5.41) is 3.35. The van der Waals surface area contributed by atoms with Crippen molar-refractivity contribution in [1.29, 1.82) is 0 Å². The molecule has 1 N–H and O–H groups in total. The van der Waals surface area contributed by atoms with Crippen molar-refractivity contribution < 1.29 is 14.3 Å². The number of rotatable bonds is 5. The molecule has 0 aliphatic carbocycles. The van der Waals surface area contributed by atoms with E-state index in [4.69, 9.17) is 27.9 Å². The standard InChI is InChI=1S/C18H15Cl2NO3/c1-12(18(23)21-16-11-14(19)8-9-15(16)20)24-17(22)10-7-13-5-3-2-4-6-13/h2-12H,1H3,(H,21,23). The summed E-state index contributed by atoms with van der Waals surface area (Å²) in [7, 11) is 0. The van der Waals surface area contributed by atoms with Crippen molar-refractivity contribution >= 4 is 46.8 Å². The van der Waals surface area contributed by atoms with Gasteiger partial charge in [-0.25, -0.2) is 4.79 Å². The van der Waals surface area contributed by atoms with E-state index in [0.717, 1.165) is 5.56 Å². The summed E-state index contributed by atoms with van der Waals surface area (Å²) < 4.78 is 5.06. The highest BCUT2D eigenvalue weighted by molar-refractivity contribution is 6.35. The first kappa shape index (κ1) is 18.0. The molecule has 124 valence electrons. The van der Waals surface area contributed by atoms with Crippen molar-refractivity contribution in [2.45, 2.75) is 13.0 Å². The van der Waals surface area contributed by atoms with E-state index in [0.29, 0.717) is 15.7 Å². The minimum atomic E-state index is -0.979. The van der Waals surface area contributed by atoms with Gasteiger partial charge in [-0.05, 0) is 36.8 Å². The van der Waals surface area contributed by atoms with Crippen LogP contribution in [0.4, 0.5) is 5.69 Å². The van der Waals surface area contributed by atoms with Crippen LogP contribution in [0.15, 0.2) is 54.6 Å². The summed E-state index contributed by atoms with van der Waals surface area (Å²) in [6.07, 6.45) is 1.90. The summed E-state index contributed by atoms with van der Waals surface area (Å²) in [6, 6.07) is 14.0. The highest BCUT2D eigenvalue weighted by atomic mass is 35.5. The second kappa shape index (κ2) is 8.52. The fraction of sp³-hybridized carbons (Fsp3) is 0.111. The number of esters is 1. The minimum absolute atomic E-state index is 0.343. The normalized spacial score (nSPS) is 12.0. The van der Waals surface area contributed by atoms with Crippen LogP contribution < -0.4 is 5.32 Å². The Kier molecular flexibility index (Phi) is 6.41. The SMILES string of the molecule is CC(OC(=O)C=Cc1ccccc1)C(=O)Nc1cc(Cl)ccc1Cl. The van der Waals surface area contributed by atoms with Crippen LogP contribution in [-0.4, -0.2) is 18.0 Å². The fourth-order valence-corrected chi connectivity index (χ4v) is 2.16. The van der Waals surface area contributed by atoms with Gasteiger partial charge in [0.05, 0.1) is 10.7 Å². The van der Waals surface area contributed by atoms with Gasteiger partial charge in [0, 0.05) is 11.1 Å². The number of nitrogens with one attached hydrogen (secondary N) is 1. The molecule has 0 radical (unpaired) electrons. The second-order valence-corrected chi connectivity index (χ2v) is 5.78. The first-order valence-corrected chi connectivity index (χ1v) is 7.91. The fourth-order valence-electron chi connectivity index (χ4n) is 1.82. The van der Waals surface area contributed by atoms with Crippen LogP contribution in [0, 0.1) is 0 Å². The molecule has 2 aromatic rings. The minimum Gasteiger partial charge on any atom is -0.449 e. The summed E-state index contributed by atoms with van der Waals surface area (Å²) >= 11 is 11.8. The molecule has 24 heavy (non-hydrogen) atoms. The average molecular weight is 364 g/mol. The lowest BCUT2D eigenvalue weighted by molar-refractivity contribution is -0.148. The van der Waals surface area contributed by atoms with Crippen LogP contribution in [0.25, 0.3) is 6.08 Å². The summed E-state index contributed by atoms with van der Waals surface area (Å²) in [5.41, 5.74) is 1.22. The number of halogens is 2. The van der Waals surface area contributed by atoms with Gasteiger partial charge in [0.25, 0.3) is 5.91 Å². The topological polar surface area (TPSA) is 55.4 Å². The van der Waals surface area contributed by atoms with E-state index in [9.17, 15) is 9.59 Å². The lowest BCUT2D eigenvalue weighted by Gasteiger charge is -2.13. The molecule has 0 aromatic heterocycles. The number of carbonyl (C=O) groups excluding carboxylic acids is 2. The van der Waals surface area contributed by atoms with E-state index in [1.54, 1.807) is 18.2 Å². The first-order chi connectivity index (χ1) is 11.5. The molecule has 0 aliphatic heterocycles. The average Bonchev–Trinajstić information content (AvgIpc) is 2.57. The van der Waals surface area contributed by atoms with E-state index >= 15 is 0 Å². The zero-order valence-electron chi connectivity index (χ0n) is 12.8. The molecule has 2 rings (SSSR count). The number of carbonyl (C=O) groups is 2. The Morgan fingerprint density at radius 3 is 2.54 bits per heavy atom. The Morgan fingerprint density at radius 1 is 1.12 bits per heavy atom. The van der Waals surface area contributed by atoms with Gasteiger partial charge in [0.1, 0.15) is 0 Å². The van der Waals surface area contributed by atoms with Crippen LogP contribution in [0.5, 0.6) is 0 Å². The molecule has 2 aromatic carbocycles. The van der Waals surface area contributed by atoms with Gasteiger partial charge >= 0.3 is 5.97 Å². The molecule has 6 heteroatoms. The van der Waals surface area contributed by atoms with Crippen LogP contribution >= 0.6 is 23.2 Å². The van der Waals surface area contributed by atoms with Gasteiger partial charge < -0.3 is 10.1 Å². The maximum atomic E-state index is 12.1. The number of benzene rings is 2. The quantitative estimate of drug-likeness (QED) is 0.624. The lowest BCUT2D eigenvalue weighted by Crippen LogP contribution is -2.29. The van der Waals surface area contributed by atoms with Gasteiger partial charge in [-0.1, -0.05) is 53.5 Å². The van der Waals surface area contributed by atoms with Crippen molar-refractivity contribution in [1.82, 2.24) is 0 Å². The predicted octanol–water partition coefficient (Wildman–Crippen LogP) is 4.58. The third kappa shape index (κ3) is 5.41. The maximum absolute atomic E-state index is 12.1. The van der Waals surface area contributed by atoms with Crippen molar-refractivity contribution in [3.63, 3.8) is 0 Å². The van der Waals surface area contributed by atoms with Crippen molar-refractivity contribution in [2.75, 3.05) is 5.32 Å². The monoisotopic (exact) mass is 363 g/mol. The maximum Gasteiger partial charge on any atom is 0.331 e. The summed E-state index contributed by atoms with van der Waals surface area (Å²) in [4.78, 5) is 23.8. The number of amides is 1. The zero-order chi connectivity index (χ0) is 17.5. The third-order valence-corrected chi connectivity index (χ3v) is 3.62. The Balaban J connectivity index is 1.92. The smallest absolute Gasteiger partial charge is 0.331 e. The van der Waals surface area contributed by atoms with Crippen LogP contribution in [0.1, 0.15) is 12.5 Å². The Labute approximate surface area is 150 Å². The van der Waals surface area contributed by atoms with Gasteiger partial charge in [-0.3, -0.25) is 4.79 Å². The molecule has 4 nitrogen and oxygen atoms in total. The van der Waals surface area contributed by atoms with Crippen molar-refractivity contribution in [3.8, 4) is 0 Å². The molecule has 0 saturated carbocycles. The highest BCUT2D eigenvalue weighted by Gasteiger charge is 2.17. The molecule has 1 unspecified atom stereocenters.